The highest BCUT2D eigenvalue weighted by atomic mass is 16.2. The average molecular weight is 364 g/mol. The highest BCUT2D eigenvalue weighted by Crippen LogP contribution is 2.45. The summed E-state index contributed by atoms with van der Waals surface area (Å²) in [7, 11) is 0. The molecule has 1 aliphatic carbocycles. The minimum Gasteiger partial charge on any atom is -0.348 e. The summed E-state index contributed by atoms with van der Waals surface area (Å²) in [5, 5.41) is 0. The van der Waals surface area contributed by atoms with Gasteiger partial charge in [-0.2, -0.15) is 0 Å². The summed E-state index contributed by atoms with van der Waals surface area (Å²) < 4.78 is 0. The van der Waals surface area contributed by atoms with Gasteiger partial charge in [-0.3, -0.25) is 9.59 Å². The van der Waals surface area contributed by atoms with E-state index in [2.05, 4.69) is 14.9 Å². The molecule has 2 fully saturated rings. The zero-order valence-electron chi connectivity index (χ0n) is 15.4. The largest absolute Gasteiger partial charge is 0.348 e. The molecule has 2 aromatic rings. The molecule has 27 heavy (non-hydrogen) atoms. The van der Waals surface area contributed by atoms with Crippen LogP contribution in [0.3, 0.4) is 0 Å². The first-order valence-electron chi connectivity index (χ1n) is 9.87. The van der Waals surface area contributed by atoms with E-state index in [0.29, 0.717) is 13.1 Å². The number of rotatable bonds is 2. The fourth-order valence-electron chi connectivity index (χ4n) is 4.70. The predicted octanol–water partition coefficient (Wildman–Crippen LogP) is 2.34. The van der Waals surface area contributed by atoms with Crippen molar-refractivity contribution >= 4 is 11.8 Å². The van der Waals surface area contributed by atoms with Gasteiger partial charge in [0, 0.05) is 43.2 Å². The van der Waals surface area contributed by atoms with Gasteiger partial charge in [0.2, 0.25) is 5.91 Å². The summed E-state index contributed by atoms with van der Waals surface area (Å²) in [6.45, 7) is 2.04. The van der Waals surface area contributed by atoms with Crippen LogP contribution in [0.1, 0.15) is 47.4 Å². The SMILES string of the molecule is O=C(c1ccccc1)N1CCC2(CC1)c1nc[nH]c1CCN2C(=O)C1CC1. The van der Waals surface area contributed by atoms with E-state index in [-0.39, 0.29) is 23.3 Å². The van der Waals surface area contributed by atoms with Gasteiger partial charge in [0.1, 0.15) is 0 Å². The standard InChI is InChI=1S/C21H24N4O2/c26-19(15-4-2-1-3-5-15)24-12-9-21(10-13-24)18-17(22-14-23-18)8-11-25(21)20(27)16-6-7-16/h1-5,14,16H,6-13H2,(H,22,23). The molecule has 3 aliphatic rings. The number of hydrogen-bond acceptors (Lipinski definition) is 3. The number of benzene rings is 1. The zero-order chi connectivity index (χ0) is 18.4. The molecule has 0 unspecified atom stereocenters. The number of nitrogens with zero attached hydrogens (tertiary/aromatic N) is 3. The van der Waals surface area contributed by atoms with Gasteiger partial charge in [-0.05, 0) is 37.8 Å². The van der Waals surface area contributed by atoms with Crippen molar-refractivity contribution in [2.75, 3.05) is 19.6 Å². The van der Waals surface area contributed by atoms with Gasteiger partial charge in [-0.15, -0.1) is 0 Å². The van der Waals surface area contributed by atoms with Crippen LogP contribution < -0.4 is 0 Å². The first-order valence-corrected chi connectivity index (χ1v) is 9.87. The van der Waals surface area contributed by atoms with Crippen molar-refractivity contribution in [1.29, 1.82) is 0 Å². The normalized spacial score (nSPS) is 21.2. The van der Waals surface area contributed by atoms with Crippen molar-refractivity contribution in [1.82, 2.24) is 19.8 Å². The smallest absolute Gasteiger partial charge is 0.253 e. The highest BCUT2D eigenvalue weighted by Gasteiger charge is 2.51. The van der Waals surface area contributed by atoms with Gasteiger partial charge in [0.15, 0.2) is 0 Å². The van der Waals surface area contributed by atoms with Gasteiger partial charge < -0.3 is 14.8 Å². The number of H-pyrrole nitrogens is 1. The van der Waals surface area contributed by atoms with Gasteiger partial charge in [0.25, 0.3) is 5.91 Å². The summed E-state index contributed by atoms with van der Waals surface area (Å²) >= 11 is 0. The lowest BCUT2D eigenvalue weighted by Gasteiger charge is -2.50. The molecule has 3 heterocycles. The van der Waals surface area contributed by atoms with E-state index in [9.17, 15) is 9.59 Å². The molecule has 0 radical (unpaired) electrons. The average Bonchev–Trinajstić information content (AvgIpc) is 3.45. The van der Waals surface area contributed by atoms with Crippen LogP contribution >= 0.6 is 0 Å². The second kappa shape index (κ2) is 6.22. The molecule has 2 aliphatic heterocycles. The topological polar surface area (TPSA) is 69.3 Å². The molecule has 5 rings (SSSR count). The second-order valence-corrected chi connectivity index (χ2v) is 7.93. The number of nitrogens with one attached hydrogen (secondary N) is 1. The van der Waals surface area contributed by atoms with Crippen LogP contribution in [0.2, 0.25) is 0 Å². The second-order valence-electron chi connectivity index (χ2n) is 7.93. The Morgan fingerprint density at radius 3 is 2.52 bits per heavy atom. The lowest BCUT2D eigenvalue weighted by Crippen LogP contribution is -2.59. The minimum absolute atomic E-state index is 0.0728. The maximum Gasteiger partial charge on any atom is 0.253 e. The Morgan fingerprint density at radius 2 is 1.81 bits per heavy atom. The van der Waals surface area contributed by atoms with Crippen LogP contribution in [-0.4, -0.2) is 51.2 Å². The first kappa shape index (κ1) is 16.5. The maximum atomic E-state index is 13.0. The summed E-state index contributed by atoms with van der Waals surface area (Å²) in [6, 6.07) is 9.44. The van der Waals surface area contributed by atoms with Gasteiger partial charge in [0.05, 0.1) is 17.6 Å². The summed E-state index contributed by atoms with van der Waals surface area (Å²) in [5.74, 6) is 0.557. The Balaban J connectivity index is 1.41. The van der Waals surface area contributed by atoms with Crippen molar-refractivity contribution in [3.63, 3.8) is 0 Å². The molecule has 1 saturated heterocycles. The Morgan fingerprint density at radius 1 is 1.07 bits per heavy atom. The van der Waals surface area contributed by atoms with Crippen LogP contribution in [0.15, 0.2) is 36.7 Å². The quantitative estimate of drug-likeness (QED) is 0.889. The molecule has 0 bridgehead atoms. The van der Waals surface area contributed by atoms with Gasteiger partial charge >= 0.3 is 0 Å². The molecule has 6 heteroatoms. The van der Waals surface area contributed by atoms with E-state index >= 15 is 0 Å². The summed E-state index contributed by atoms with van der Waals surface area (Å²) in [5.41, 5.74) is 2.54. The highest BCUT2D eigenvalue weighted by molar-refractivity contribution is 5.94. The third-order valence-corrected chi connectivity index (χ3v) is 6.35. The van der Waals surface area contributed by atoms with Crippen LogP contribution in [0, 0.1) is 5.92 Å². The van der Waals surface area contributed by atoms with Crippen molar-refractivity contribution in [2.45, 2.75) is 37.6 Å². The fraction of sp³-hybridized carbons (Fsp3) is 0.476. The third-order valence-electron chi connectivity index (χ3n) is 6.35. The van der Waals surface area contributed by atoms with E-state index in [1.54, 1.807) is 6.33 Å². The number of fused-ring (bicyclic) bond motifs is 2. The molecule has 1 saturated carbocycles. The summed E-state index contributed by atoms with van der Waals surface area (Å²) in [4.78, 5) is 37.7. The van der Waals surface area contributed by atoms with Crippen LogP contribution in [0.4, 0.5) is 0 Å². The van der Waals surface area contributed by atoms with Gasteiger partial charge in [-0.25, -0.2) is 4.98 Å². The minimum atomic E-state index is -0.360. The Kier molecular flexibility index (Phi) is 3.81. The first-order chi connectivity index (χ1) is 13.2. The van der Waals surface area contributed by atoms with E-state index in [1.165, 1.54) is 0 Å². The number of likely N-dealkylation sites (tertiary alicyclic amines) is 1. The van der Waals surface area contributed by atoms with Crippen molar-refractivity contribution < 1.29 is 9.59 Å². The molecule has 1 aromatic heterocycles. The van der Waals surface area contributed by atoms with Crippen LogP contribution in [0.25, 0.3) is 0 Å². The molecule has 1 spiro atoms. The lowest BCUT2D eigenvalue weighted by molar-refractivity contribution is -0.143. The molecule has 1 N–H and O–H groups in total. The van der Waals surface area contributed by atoms with Crippen LogP contribution in [-0.2, 0) is 16.8 Å². The maximum absolute atomic E-state index is 13.0. The molecule has 1 aromatic carbocycles. The van der Waals surface area contributed by atoms with Crippen LogP contribution in [0.5, 0.6) is 0 Å². The van der Waals surface area contributed by atoms with Crippen molar-refractivity contribution in [3.05, 3.63) is 53.6 Å². The number of amides is 2. The predicted molar refractivity (Wildman–Crippen MR) is 100.0 cm³/mol. The van der Waals surface area contributed by atoms with E-state index in [0.717, 1.165) is 55.6 Å². The Hall–Kier alpha value is -2.63. The number of aromatic amines is 1. The molecule has 6 nitrogen and oxygen atoms in total. The summed E-state index contributed by atoms with van der Waals surface area (Å²) in [6.07, 6.45) is 6.11. The van der Waals surface area contributed by atoms with Gasteiger partial charge in [-0.1, -0.05) is 18.2 Å². The number of carbonyl (C=O) groups is 2. The van der Waals surface area contributed by atoms with E-state index in [4.69, 9.17) is 0 Å². The third kappa shape index (κ3) is 2.66. The molecular formula is C21H24N4O2. The molecular weight excluding hydrogens is 340 g/mol. The monoisotopic (exact) mass is 364 g/mol. The fourth-order valence-corrected chi connectivity index (χ4v) is 4.70. The zero-order valence-corrected chi connectivity index (χ0v) is 15.4. The molecule has 0 atom stereocenters. The van der Waals surface area contributed by atoms with E-state index in [1.807, 2.05) is 35.2 Å². The molecule has 2 amide bonds. The number of hydrogen-bond donors (Lipinski definition) is 1. The lowest BCUT2D eigenvalue weighted by atomic mass is 9.78. The van der Waals surface area contributed by atoms with E-state index < -0.39 is 0 Å². The number of carbonyl (C=O) groups excluding carboxylic acids is 2. The molecule has 140 valence electrons. The van der Waals surface area contributed by atoms with Crippen molar-refractivity contribution in [2.24, 2.45) is 5.92 Å². The number of piperidine rings is 1. The number of aromatic nitrogens is 2. The van der Waals surface area contributed by atoms with Crippen molar-refractivity contribution in [3.8, 4) is 0 Å². The Labute approximate surface area is 158 Å². The number of imidazole rings is 1. The Bertz CT molecular complexity index is 863.